The van der Waals surface area contributed by atoms with Crippen molar-refractivity contribution in [2.24, 2.45) is 0 Å². The molecular formula is C27H58ClOP. The summed E-state index contributed by atoms with van der Waals surface area (Å²) in [5, 5.41) is 0. The number of hydrogen-bond donors (Lipinski definition) is 0. The molecule has 0 aliphatic rings. The van der Waals surface area contributed by atoms with Crippen molar-refractivity contribution in [3.63, 3.8) is 0 Å². The molecule has 0 aromatic heterocycles. The van der Waals surface area contributed by atoms with Crippen LogP contribution in [0.1, 0.15) is 163 Å². The summed E-state index contributed by atoms with van der Waals surface area (Å²) < 4.78 is 6.68. The van der Waals surface area contributed by atoms with Gasteiger partial charge in [0, 0.05) is 0 Å². The van der Waals surface area contributed by atoms with Gasteiger partial charge in [0.15, 0.2) is 0 Å². The number of ether oxygens (including phenoxy) is 1. The molecule has 3 heteroatoms. The molecule has 2 unspecified atom stereocenters. The molecule has 30 heavy (non-hydrogen) atoms. The van der Waals surface area contributed by atoms with Crippen LogP contribution in [-0.2, 0) is 4.74 Å². The van der Waals surface area contributed by atoms with Crippen LogP contribution < -0.4 is 0 Å². The highest BCUT2D eigenvalue weighted by atomic mass is 35.5. The predicted octanol–water partition coefficient (Wildman–Crippen LogP) is 10.6. The van der Waals surface area contributed by atoms with Gasteiger partial charge in [-0.25, -0.2) is 0 Å². The molecule has 0 amide bonds. The Hall–Kier alpha value is 0.680. The largest absolute Gasteiger partial charge is 0.368 e. The molecule has 2 atom stereocenters. The highest BCUT2D eigenvalue weighted by molar-refractivity contribution is 7.17. The van der Waals surface area contributed by atoms with Crippen LogP contribution in [0.5, 0.6) is 0 Å². The number of rotatable bonds is 23. The Bertz CT molecular complexity index is 281. The quantitative estimate of drug-likeness (QED) is 0.108. The molecule has 0 aliphatic carbocycles. The van der Waals surface area contributed by atoms with Gasteiger partial charge in [-0.2, -0.15) is 0 Å². The fourth-order valence-electron chi connectivity index (χ4n) is 4.63. The topological polar surface area (TPSA) is 9.23 Å². The third-order valence-electron chi connectivity index (χ3n) is 6.39. The maximum atomic E-state index is 6.68. The first-order chi connectivity index (χ1) is 14.1. The van der Waals surface area contributed by atoms with Crippen molar-refractivity contribution in [2.75, 3.05) is 0 Å². The monoisotopic (exact) mass is 464 g/mol. The first kappa shape index (κ1) is 32.9. The van der Waals surface area contributed by atoms with Crippen LogP contribution in [-0.4, -0.2) is 11.4 Å². The maximum Gasteiger partial charge on any atom is 0.0690 e. The number of halogens is 1. The van der Waals surface area contributed by atoms with E-state index in [1.807, 2.05) is 0 Å². The Morgan fingerprint density at radius 3 is 1.07 bits per heavy atom. The summed E-state index contributed by atoms with van der Waals surface area (Å²) in [6, 6.07) is 0. The van der Waals surface area contributed by atoms with E-state index in [1.54, 1.807) is 0 Å². The van der Waals surface area contributed by atoms with Crippen LogP contribution >= 0.6 is 21.6 Å². The van der Waals surface area contributed by atoms with Crippen LogP contribution in [0.15, 0.2) is 0 Å². The molecule has 0 spiro atoms. The molecule has 0 saturated heterocycles. The minimum atomic E-state index is 0. The molecule has 0 N–H and O–H groups in total. The molecule has 0 bridgehead atoms. The van der Waals surface area contributed by atoms with Gasteiger partial charge in [-0.3, -0.25) is 0 Å². The highest BCUT2D eigenvalue weighted by Gasteiger charge is 2.30. The molecular weight excluding hydrogens is 407 g/mol. The zero-order chi connectivity index (χ0) is 21.6. The summed E-state index contributed by atoms with van der Waals surface area (Å²) in [5.74, 6) is 0.273. The molecule has 0 fully saturated rings. The summed E-state index contributed by atoms with van der Waals surface area (Å²) in [7, 11) is 2.90. The summed E-state index contributed by atoms with van der Waals surface area (Å²) in [6.07, 6.45) is 28.8. The number of hydrogen-bond acceptors (Lipinski definition) is 1. The Labute approximate surface area is 200 Å². The highest BCUT2D eigenvalue weighted by Crippen LogP contribution is 2.35. The van der Waals surface area contributed by atoms with Gasteiger partial charge in [0.25, 0.3) is 0 Å². The molecule has 0 saturated carbocycles. The van der Waals surface area contributed by atoms with Crippen molar-refractivity contribution in [3.05, 3.63) is 0 Å². The smallest absolute Gasteiger partial charge is 0.0690 e. The van der Waals surface area contributed by atoms with E-state index in [2.05, 4.69) is 36.9 Å². The van der Waals surface area contributed by atoms with E-state index >= 15 is 0 Å². The van der Waals surface area contributed by atoms with Crippen molar-refractivity contribution in [1.82, 2.24) is 0 Å². The van der Waals surface area contributed by atoms with Crippen molar-refractivity contribution < 1.29 is 4.74 Å². The van der Waals surface area contributed by atoms with Gasteiger partial charge in [-0.1, -0.05) is 136 Å². The second kappa shape index (κ2) is 24.3. The van der Waals surface area contributed by atoms with Crippen molar-refractivity contribution in [3.8, 4) is 0 Å². The van der Waals surface area contributed by atoms with Crippen molar-refractivity contribution in [1.29, 1.82) is 0 Å². The molecule has 0 aromatic rings. The number of unbranched alkanes of at least 4 members (excludes halogenated alkanes) is 15. The van der Waals surface area contributed by atoms with Crippen LogP contribution in [0.3, 0.4) is 0 Å². The van der Waals surface area contributed by atoms with E-state index in [4.69, 9.17) is 4.74 Å². The summed E-state index contributed by atoms with van der Waals surface area (Å²) in [6.45, 7) is 9.13. The molecule has 0 rings (SSSR count). The van der Waals surface area contributed by atoms with E-state index in [0.717, 1.165) is 0 Å². The zero-order valence-electron chi connectivity index (χ0n) is 21.3. The van der Waals surface area contributed by atoms with Crippen LogP contribution in [0.4, 0.5) is 0 Å². The predicted molar refractivity (Wildman–Crippen MR) is 144 cm³/mol. The zero-order valence-corrected chi connectivity index (χ0v) is 23.3. The lowest BCUT2D eigenvalue weighted by molar-refractivity contribution is -0.0758. The Kier molecular flexibility index (Phi) is 26.6. The lowest BCUT2D eigenvalue weighted by atomic mass is 9.84. The fourth-order valence-corrected chi connectivity index (χ4v) is 4.92. The normalized spacial score (nSPS) is 12.7. The third-order valence-corrected chi connectivity index (χ3v) is 6.53. The third kappa shape index (κ3) is 20.6. The fraction of sp³-hybridized carbons (Fsp3) is 1.00. The Balaban J connectivity index is 0. The second-order valence-electron chi connectivity index (χ2n) is 9.56. The first-order valence-corrected chi connectivity index (χ1v) is 14.2. The molecule has 184 valence electrons. The van der Waals surface area contributed by atoms with Gasteiger partial charge in [-0.15, -0.1) is 21.6 Å². The maximum absolute atomic E-state index is 6.68. The van der Waals surface area contributed by atoms with Crippen LogP contribution in [0.2, 0.25) is 0 Å². The average Bonchev–Trinajstić information content (AvgIpc) is 2.69. The molecule has 0 radical (unpaired) electrons. The van der Waals surface area contributed by atoms with Gasteiger partial charge in [0.1, 0.15) is 0 Å². The van der Waals surface area contributed by atoms with E-state index in [-0.39, 0.29) is 23.9 Å². The Morgan fingerprint density at radius 2 is 0.800 bits per heavy atom. The van der Waals surface area contributed by atoms with Crippen LogP contribution in [0.25, 0.3) is 0 Å². The van der Waals surface area contributed by atoms with Crippen molar-refractivity contribution >= 4 is 21.6 Å². The molecule has 0 heterocycles. The van der Waals surface area contributed by atoms with E-state index in [9.17, 15) is 0 Å². The molecule has 0 aromatic carbocycles. The minimum Gasteiger partial charge on any atom is -0.368 e. The summed E-state index contributed by atoms with van der Waals surface area (Å²) >= 11 is 0. The molecule has 0 aliphatic heterocycles. The first-order valence-electron chi connectivity index (χ1n) is 13.5. The van der Waals surface area contributed by atoms with Gasteiger partial charge in [0.05, 0.1) is 11.4 Å². The minimum absolute atomic E-state index is 0. The Morgan fingerprint density at radius 1 is 0.533 bits per heavy atom. The van der Waals surface area contributed by atoms with E-state index in [0.29, 0.717) is 0 Å². The second-order valence-corrected chi connectivity index (χ2v) is 10.5. The van der Waals surface area contributed by atoms with Gasteiger partial charge in [0.2, 0.25) is 0 Å². The van der Waals surface area contributed by atoms with Gasteiger partial charge in [-0.05, 0) is 26.2 Å². The summed E-state index contributed by atoms with van der Waals surface area (Å²) in [4.78, 5) is 0. The SMILES string of the molecule is CCCCCCCCC(CCCCCCCC)(CCCCCCCC)OC(C)P.Cl. The molecule has 1 nitrogen and oxygen atoms in total. The standard InChI is InChI=1S/C27H57OP.ClH/c1-5-8-11-14-17-20-23-27(28-26(4)29,24-21-18-15-12-9-6-2)25-22-19-16-13-10-7-3;/h26H,5-25,29H2,1-4H3;1H. The lowest BCUT2D eigenvalue weighted by Crippen LogP contribution is -2.35. The van der Waals surface area contributed by atoms with E-state index in [1.165, 1.54) is 135 Å². The van der Waals surface area contributed by atoms with E-state index < -0.39 is 0 Å². The van der Waals surface area contributed by atoms with Crippen molar-refractivity contribution in [2.45, 2.75) is 174 Å². The van der Waals surface area contributed by atoms with Gasteiger partial charge < -0.3 is 4.74 Å². The van der Waals surface area contributed by atoms with Crippen LogP contribution in [0, 0.1) is 0 Å². The lowest BCUT2D eigenvalue weighted by Gasteiger charge is -2.36. The van der Waals surface area contributed by atoms with Gasteiger partial charge >= 0.3 is 0 Å². The summed E-state index contributed by atoms with van der Waals surface area (Å²) in [5.41, 5.74) is 0.140. The average molecular weight is 465 g/mol.